The lowest BCUT2D eigenvalue weighted by atomic mass is 9.45. The molecule has 0 N–H and O–H groups in total. The van der Waals surface area contributed by atoms with Gasteiger partial charge in [0.25, 0.3) is 0 Å². The van der Waals surface area contributed by atoms with Gasteiger partial charge in [-0.25, -0.2) is 0 Å². The molecule has 3 unspecified atom stereocenters. The smallest absolute Gasteiger partial charge is 0.0343 e. The van der Waals surface area contributed by atoms with E-state index < -0.39 is 0 Å². The highest BCUT2D eigenvalue weighted by molar-refractivity contribution is 5.72. The zero-order valence-electron chi connectivity index (χ0n) is 16.0. The van der Waals surface area contributed by atoms with Crippen molar-refractivity contribution in [1.82, 2.24) is 4.98 Å². The van der Waals surface area contributed by atoms with Gasteiger partial charge in [0.1, 0.15) is 0 Å². The van der Waals surface area contributed by atoms with Gasteiger partial charge in [-0.05, 0) is 96.7 Å². The minimum Gasteiger partial charge on any atom is -0.264 e. The van der Waals surface area contributed by atoms with Crippen LogP contribution >= 0.6 is 0 Å². The van der Waals surface area contributed by atoms with Gasteiger partial charge in [0, 0.05) is 12.4 Å². The van der Waals surface area contributed by atoms with Crippen molar-refractivity contribution >= 4 is 5.57 Å². The molecule has 5 rings (SSSR count). The predicted octanol–water partition coefficient (Wildman–Crippen LogP) is 6.51. The molecule has 0 amide bonds. The first-order valence-corrected chi connectivity index (χ1v) is 10.7. The molecule has 4 aliphatic carbocycles. The van der Waals surface area contributed by atoms with Crippen molar-refractivity contribution in [3.05, 3.63) is 36.2 Å². The maximum Gasteiger partial charge on any atom is 0.0343 e. The van der Waals surface area contributed by atoms with Gasteiger partial charge in [0.2, 0.25) is 0 Å². The topological polar surface area (TPSA) is 12.9 Å². The summed E-state index contributed by atoms with van der Waals surface area (Å²) in [5.41, 5.74) is 4.03. The standard InChI is InChI=1S/C24H33N/c1-23-13-4-3-7-18(23)8-9-19-21-11-10-20(17-6-5-15-25-16-17)24(21,2)14-12-22(19)23/h5-6,10,15-16,18-19,21-22H,3-4,7-9,11-14H2,1-2H3/t18?,19-,21?,22?,23-,24+/m0/s1. The molecule has 1 nitrogen and oxygen atoms in total. The van der Waals surface area contributed by atoms with Crippen LogP contribution in [0.15, 0.2) is 30.6 Å². The Kier molecular flexibility index (Phi) is 3.67. The average molecular weight is 336 g/mol. The van der Waals surface area contributed by atoms with E-state index >= 15 is 0 Å². The summed E-state index contributed by atoms with van der Waals surface area (Å²) in [5.74, 6) is 3.86. The number of rotatable bonds is 1. The molecule has 4 aliphatic rings. The Bertz CT molecular complexity index is 677. The third kappa shape index (κ3) is 2.23. The van der Waals surface area contributed by atoms with E-state index in [0.29, 0.717) is 10.8 Å². The molecule has 0 aliphatic heterocycles. The van der Waals surface area contributed by atoms with Crippen LogP contribution in [0, 0.1) is 34.5 Å². The van der Waals surface area contributed by atoms with Gasteiger partial charge < -0.3 is 0 Å². The quantitative estimate of drug-likeness (QED) is 0.570. The molecule has 0 aromatic carbocycles. The van der Waals surface area contributed by atoms with Gasteiger partial charge >= 0.3 is 0 Å². The monoisotopic (exact) mass is 335 g/mol. The Morgan fingerprint density at radius 2 is 1.92 bits per heavy atom. The van der Waals surface area contributed by atoms with Crippen molar-refractivity contribution in [2.75, 3.05) is 0 Å². The fourth-order valence-corrected chi connectivity index (χ4v) is 7.83. The maximum absolute atomic E-state index is 4.40. The Morgan fingerprint density at radius 1 is 1.00 bits per heavy atom. The van der Waals surface area contributed by atoms with Gasteiger partial charge in [-0.15, -0.1) is 0 Å². The molecule has 0 saturated heterocycles. The molecule has 1 heterocycles. The normalized spacial score (nSPS) is 45.9. The van der Waals surface area contributed by atoms with E-state index in [2.05, 4.69) is 43.2 Å². The van der Waals surface area contributed by atoms with Gasteiger partial charge in [0.15, 0.2) is 0 Å². The highest BCUT2D eigenvalue weighted by atomic mass is 14.6. The molecule has 134 valence electrons. The summed E-state index contributed by atoms with van der Waals surface area (Å²) in [6, 6.07) is 4.38. The van der Waals surface area contributed by atoms with E-state index in [1.54, 1.807) is 5.57 Å². The fourth-order valence-electron chi connectivity index (χ4n) is 7.83. The summed E-state index contributed by atoms with van der Waals surface area (Å²) < 4.78 is 0. The predicted molar refractivity (Wildman–Crippen MR) is 104 cm³/mol. The Labute approximate surface area is 153 Å². The van der Waals surface area contributed by atoms with Crippen molar-refractivity contribution in [1.29, 1.82) is 0 Å². The largest absolute Gasteiger partial charge is 0.264 e. The van der Waals surface area contributed by atoms with Crippen molar-refractivity contribution < 1.29 is 0 Å². The van der Waals surface area contributed by atoms with Crippen molar-refractivity contribution in [2.45, 2.75) is 71.6 Å². The van der Waals surface area contributed by atoms with E-state index in [-0.39, 0.29) is 0 Å². The number of allylic oxidation sites excluding steroid dienone is 2. The summed E-state index contributed by atoms with van der Waals surface area (Å²) in [5, 5.41) is 0. The van der Waals surface area contributed by atoms with Crippen LogP contribution in [0.2, 0.25) is 0 Å². The number of pyridine rings is 1. The maximum atomic E-state index is 4.40. The van der Waals surface area contributed by atoms with E-state index in [1.807, 2.05) is 6.20 Å². The first kappa shape index (κ1) is 16.1. The SMILES string of the molecule is C[C@]12CCCCC1CC[C@@H]1C2CC[C@]2(C)C(c3cccnc3)=CCC12. The summed E-state index contributed by atoms with van der Waals surface area (Å²) >= 11 is 0. The second-order valence-electron chi connectivity index (χ2n) is 9.95. The molecular formula is C24H33N. The summed E-state index contributed by atoms with van der Waals surface area (Å²) in [7, 11) is 0. The van der Waals surface area contributed by atoms with Gasteiger partial charge in [-0.2, -0.15) is 0 Å². The minimum absolute atomic E-state index is 0.391. The van der Waals surface area contributed by atoms with Crippen LogP contribution in [0.25, 0.3) is 5.57 Å². The molecule has 0 bridgehead atoms. The van der Waals surface area contributed by atoms with E-state index in [0.717, 1.165) is 23.7 Å². The molecule has 3 saturated carbocycles. The third-order valence-electron chi connectivity index (χ3n) is 9.14. The van der Waals surface area contributed by atoms with Gasteiger partial charge in [-0.1, -0.05) is 38.8 Å². The molecule has 1 aromatic rings. The Balaban J connectivity index is 1.46. The third-order valence-corrected chi connectivity index (χ3v) is 9.14. The lowest BCUT2D eigenvalue weighted by Crippen LogP contribution is -2.52. The van der Waals surface area contributed by atoms with Crippen LogP contribution in [0.1, 0.15) is 77.2 Å². The van der Waals surface area contributed by atoms with Crippen molar-refractivity contribution in [3.63, 3.8) is 0 Å². The van der Waals surface area contributed by atoms with Crippen molar-refractivity contribution in [3.8, 4) is 0 Å². The molecule has 3 fully saturated rings. The molecule has 6 atom stereocenters. The lowest BCUT2D eigenvalue weighted by Gasteiger charge is -2.60. The number of hydrogen-bond acceptors (Lipinski definition) is 1. The molecule has 1 aromatic heterocycles. The summed E-state index contributed by atoms with van der Waals surface area (Å²) in [6.45, 7) is 5.26. The van der Waals surface area contributed by atoms with E-state index in [9.17, 15) is 0 Å². The van der Waals surface area contributed by atoms with Gasteiger partial charge in [-0.3, -0.25) is 4.98 Å². The van der Waals surface area contributed by atoms with Crippen LogP contribution < -0.4 is 0 Å². The zero-order chi connectivity index (χ0) is 17.1. The second kappa shape index (κ2) is 5.69. The molecular weight excluding hydrogens is 302 g/mol. The lowest BCUT2D eigenvalue weighted by molar-refractivity contribution is -0.0953. The zero-order valence-corrected chi connectivity index (χ0v) is 16.0. The van der Waals surface area contributed by atoms with E-state index in [4.69, 9.17) is 0 Å². The fraction of sp³-hybridized carbons (Fsp3) is 0.708. The number of aromatic nitrogens is 1. The van der Waals surface area contributed by atoms with Crippen LogP contribution in [-0.2, 0) is 0 Å². The second-order valence-corrected chi connectivity index (χ2v) is 9.95. The van der Waals surface area contributed by atoms with E-state index in [1.165, 1.54) is 63.4 Å². The molecule has 0 spiro atoms. The molecule has 25 heavy (non-hydrogen) atoms. The van der Waals surface area contributed by atoms with Crippen LogP contribution in [0.4, 0.5) is 0 Å². The summed E-state index contributed by atoms with van der Waals surface area (Å²) in [4.78, 5) is 4.40. The summed E-state index contributed by atoms with van der Waals surface area (Å²) in [6.07, 6.45) is 19.7. The average Bonchev–Trinajstić information content (AvgIpc) is 2.99. The van der Waals surface area contributed by atoms with Gasteiger partial charge in [0.05, 0.1) is 0 Å². The molecule has 1 heteroatoms. The van der Waals surface area contributed by atoms with Crippen molar-refractivity contribution in [2.24, 2.45) is 34.5 Å². The number of nitrogens with zero attached hydrogens (tertiary/aromatic N) is 1. The van der Waals surface area contributed by atoms with Crippen LogP contribution in [0.3, 0.4) is 0 Å². The number of fused-ring (bicyclic) bond motifs is 5. The minimum atomic E-state index is 0.391. The Morgan fingerprint density at radius 3 is 2.76 bits per heavy atom. The Hall–Kier alpha value is -1.11. The first-order chi connectivity index (χ1) is 12.1. The molecule has 0 radical (unpaired) electrons. The van der Waals surface area contributed by atoms with Crippen LogP contribution in [-0.4, -0.2) is 4.98 Å². The highest BCUT2D eigenvalue weighted by Gasteiger charge is 2.57. The number of hydrogen-bond donors (Lipinski definition) is 0. The first-order valence-electron chi connectivity index (χ1n) is 10.7. The van der Waals surface area contributed by atoms with Crippen LogP contribution in [0.5, 0.6) is 0 Å². The highest BCUT2D eigenvalue weighted by Crippen LogP contribution is 2.67.